The molecule has 1 aliphatic heterocycles. The zero-order valence-corrected chi connectivity index (χ0v) is 13.4. The maximum atomic E-state index is 12.3. The molecule has 5 heteroatoms. The Hall–Kier alpha value is -1.55. The summed E-state index contributed by atoms with van der Waals surface area (Å²) in [6, 6.07) is 5.43. The molecular weight excluding hydrogens is 288 g/mol. The fourth-order valence-electron chi connectivity index (χ4n) is 2.75. The highest BCUT2D eigenvalue weighted by molar-refractivity contribution is 6.32. The minimum atomic E-state index is -0.360. The van der Waals surface area contributed by atoms with E-state index in [2.05, 4.69) is 5.32 Å². The Bertz CT molecular complexity index is 557. The van der Waals surface area contributed by atoms with Gasteiger partial charge < -0.3 is 10.2 Å². The normalized spacial score (nSPS) is 18.4. The van der Waals surface area contributed by atoms with E-state index in [0.29, 0.717) is 24.4 Å². The molecule has 2 rings (SSSR count). The van der Waals surface area contributed by atoms with E-state index < -0.39 is 0 Å². The lowest BCUT2D eigenvalue weighted by molar-refractivity contribution is -0.137. The van der Waals surface area contributed by atoms with E-state index in [0.717, 1.165) is 11.1 Å². The first kappa shape index (κ1) is 15.8. The number of rotatable bonds is 4. The highest BCUT2D eigenvalue weighted by Crippen LogP contribution is 2.23. The second kappa shape index (κ2) is 6.48. The van der Waals surface area contributed by atoms with E-state index in [4.69, 9.17) is 11.6 Å². The third-order valence-electron chi connectivity index (χ3n) is 3.84. The summed E-state index contributed by atoms with van der Waals surface area (Å²) in [6.07, 6.45) is 1.03. The van der Waals surface area contributed by atoms with Crippen LogP contribution in [0.25, 0.3) is 0 Å². The van der Waals surface area contributed by atoms with Crippen molar-refractivity contribution in [2.45, 2.75) is 52.2 Å². The monoisotopic (exact) mass is 308 g/mol. The molecule has 0 bridgehead atoms. The number of hydrogen-bond donors (Lipinski definition) is 1. The van der Waals surface area contributed by atoms with Gasteiger partial charge in [-0.3, -0.25) is 9.59 Å². The van der Waals surface area contributed by atoms with Crippen LogP contribution in [-0.4, -0.2) is 28.8 Å². The first-order chi connectivity index (χ1) is 9.91. The number of likely N-dealkylation sites (tertiary alicyclic amines) is 1. The number of halogens is 1. The third kappa shape index (κ3) is 3.38. The van der Waals surface area contributed by atoms with Crippen LogP contribution in [0.3, 0.4) is 0 Å². The lowest BCUT2D eigenvalue weighted by Gasteiger charge is -2.27. The van der Waals surface area contributed by atoms with Crippen molar-refractivity contribution >= 4 is 23.4 Å². The quantitative estimate of drug-likeness (QED) is 0.929. The van der Waals surface area contributed by atoms with Crippen LogP contribution in [0.1, 0.15) is 37.8 Å². The number of carbonyl (C=O) groups excluding carboxylic acids is 2. The van der Waals surface area contributed by atoms with Gasteiger partial charge in [-0.25, -0.2) is 0 Å². The average molecular weight is 309 g/mol. The number of hydrogen-bond acceptors (Lipinski definition) is 2. The van der Waals surface area contributed by atoms with Gasteiger partial charge in [-0.1, -0.05) is 29.8 Å². The second-order valence-electron chi connectivity index (χ2n) is 5.72. The third-order valence-corrected chi connectivity index (χ3v) is 4.38. The van der Waals surface area contributed by atoms with Crippen LogP contribution in [0.15, 0.2) is 18.2 Å². The molecule has 1 fully saturated rings. The predicted molar refractivity (Wildman–Crippen MR) is 83.0 cm³/mol. The van der Waals surface area contributed by atoms with Crippen molar-refractivity contribution in [1.82, 2.24) is 10.2 Å². The van der Waals surface area contributed by atoms with E-state index in [1.807, 2.05) is 39.0 Å². The molecule has 0 aromatic heterocycles. The van der Waals surface area contributed by atoms with Crippen molar-refractivity contribution in [3.63, 3.8) is 0 Å². The van der Waals surface area contributed by atoms with Crippen molar-refractivity contribution in [2.75, 3.05) is 0 Å². The Morgan fingerprint density at radius 2 is 2.19 bits per heavy atom. The van der Waals surface area contributed by atoms with Gasteiger partial charge in [0.2, 0.25) is 11.8 Å². The van der Waals surface area contributed by atoms with E-state index in [1.165, 1.54) is 0 Å². The van der Waals surface area contributed by atoms with Crippen molar-refractivity contribution in [3.05, 3.63) is 34.3 Å². The topological polar surface area (TPSA) is 49.4 Å². The van der Waals surface area contributed by atoms with Crippen molar-refractivity contribution < 1.29 is 9.59 Å². The van der Waals surface area contributed by atoms with Crippen LogP contribution in [0.4, 0.5) is 0 Å². The molecule has 2 amide bonds. The summed E-state index contributed by atoms with van der Waals surface area (Å²) < 4.78 is 0. The molecule has 0 saturated carbocycles. The Balaban J connectivity index is 2.02. The Labute approximate surface area is 130 Å². The number of aryl methyl sites for hydroxylation is 1. The molecular formula is C16H21ClN2O2. The van der Waals surface area contributed by atoms with Crippen molar-refractivity contribution in [1.29, 1.82) is 0 Å². The van der Waals surface area contributed by atoms with Crippen LogP contribution < -0.4 is 5.32 Å². The minimum absolute atomic E-state index is 0.0401. The lowest BCUT2D eigenvalue weighted by Crippen LogP contribution is -2.47. The number of nitrogens with one attached hydrogen (secondary N) is 1. The van der Waals surface area contributed by atoms with Crippen molar-refractivity contribution in [3.8, 4) is 0 Å². The molecule has 1 aromatic carbocycles. The summed E-state index contributed by atoms with van der Waals surface area (Å²) >= 11 is 6.22. The smallest absolute Gasteiger partial charge is 0.243 e. The zero-order valence-electron chi connectivity index (χ0n) is 12.6. The van der Waals surface area contributed by atoms with Gasteiger partial charge in [0.15, 0.2) is 0 Å². The molecule has 0 aliphatic carbocycles. The summed E-state index contributed by atoms with van der Waals surface area (Å²) in [6.45, 7) is 6.18. The van der Waals surface area contributed by atoms with Gasteiger partial charge in [-0.15, -0.1) is 0 Å². The molecule has 114 valence electrons. The van der Waals surface area contributed by atoms with E-state index in [-0.39, 0.29) is 23.9 Å². The molecule has 1 saturated heterocycles. The van der Waals surface area contributed by atoms with Crippen LogP contribution >= 0.6 is 11.6 Å². The lowest BCUT2D eigenvalue weighted by atomic mass is 10.1. The first-order valence-corrected chi connectivity index (χ1v) is 7.62. The van der Waals surface area contributed by atoms with Gasteiger partial charge in [-0.2, -0.15) is 0 Å². The molecule has 0 radical (unpaired) electrons. The first-order valence-electron chi connectivity index (χ1n) is 7.24. The SMILES string of the molecule is Cc1cccc(CNC(=O)C2CCC(=O)N2C(C)C)c1Cl. The Morgan fingerprint density at radius 3 is 2.86 bits per heavy atom. The number of carbonyl (C=O) groups is 2. The molecule has 1 heterocycles. The molecule has 21 heavy (non-hydrogen) atoms. The minimum Gasteiger partial charge on any atom is -0.350 e. The van der Waals surface area contributed by atoms with E-state index in [9.17, 15) is 9.59 Å². The predicted octanol–water partition coefficient (Wildman–Crippen LogP) is 2.66. The molecule has 1 aromatic rings. The standard InChI is InChI=1S/C16H21ClN2O2/c1-10(2)19-13(7-8-14(19)20)16(21)18-9-12-6-4-5-11(3)15(12)17/h4-6,10,13H,7-9H2,1-3H3,(H,18,21). The molecule has 1 aliphatic rings. The number of amides is 2. The molecule has 1 atom stereocenters. The van der Waals surface area contributed by atoms with Gasteiger partial charge >= 0.3 is 0 Å². The van der Waals surface area contributed by atoms with Crippen LogP contribution in [0.5, 0.6) is 0 Å². The fourth-order valence-corrected chi connectivity index (χ4v) is 2.95. The highest BCUT2D eigenvalue weighted by Gasteiger charge is 2.37. The highest BCUT2D eigenvalue weighted by atomic mass is 35.5. The van der Waals surface area contributed by atoms with Crippen LogP contribution in [0.2, 0.25) is 5.02 Å². The van der Waals surface area contributed by atoms with Gasteiger partial charge in [-0.05, 0) is 38.3 Å². The zero-order chi connectivity index (χ0) is 15.6. The summed E-state index contributed by atoms with van der Waals surface area (Å²) in [5, 5.41) is 3.58. The van der Waals surface area contributed by atoms with E-state index >= 15 is 0 Å². The number of nitrogens with zero attached hydrogens (tertiary/aromatic N) is 1. The van der Waals surface area contributed by atoms with Gasteiger partial charge in [0, 0.05) is 24.0 Å². The maximum absolute atomic E-state index is 12.3. The second-order valence-corrected chi connectivity index (χ2v) is 6.09. The summed E-state index contributed by atoms with van der Waals surface area (Å²) in [5.74, 6) is -0.0501. The molecule has 4 nitrogen and oxygen atoms in total. The number of benzene rings is 1. The van der Waals surface area contributed by atoms with Crippen molar-refractivity contribution in [2.24, 2.45) is 0 Å². The maximum Gasteiger partial charge on any atom is 0.243 e. The van der Waals surface area contributed by atoms with Gasteiger partial charge in [0.25, 0.3) is 0 Å². The average Bonchev–Trinajstić information content (AvgIpc) is 2.82. The molecule has 1 N–H and O–H groups in total. The van der Waals surface area contributed by atoms with E-state index in [1.54, 1.807) is 4.90 Å². The van der Waals surface area contributed by atoms with Gasteiger partial charge in [0.1, 0.15) is 6.04 Å². The fraction of sp³-hybridized carbons (Fsp3) is 0.500. The Morgan fingerprint density at radius 1 is 1.48 bits per heavy atom. The largest absolute Gasteiger partial charge is 0.350 e. The summed E-state index contributed by atoms with van der Waals surface area (Å²) in [7, 11) is 0. The van der Waals surface area contributed by atoms with Crippen LogP contribution in [0, 0.1) is 6.92 Å². The Kier molecular flexibility index (Phi) is 4.88. The van der Waals surface area contributed by atoms with Crippen LogP contribution in [-0.2, 0) is 16.1 Å². The van der Waals surface area contributed by atoms with Gasteiger partial charge in [0.05, 0.1) is 0 Å². The molecule has 0 spiro atoms. The molecule has 1 unspecified atom stereocenters. The summed E-state index contributed by atoms with van der Waals surface area (Å²) in [5.41, 5.74) is 1.88. The summed E-state index contributed by atoms with van der Waals surface area (Å²) in [4.78, 5) is 25.8.